The number of imidazole rings is 1. The van der Waals surface area contributed by atoms with Crippen molar-refractivity contribution in [2.45, 2.75) is 0 Å². The number of fused-ring (bicyclic) bond motifs is 1. The van der Waals surface area contributed by atoms with E-state index in [-0.39, 0.29) is 0 Å². The highest BCUT2D eigenvalue weighted by atomic mass is 35.5. The molecule has 0 fully saturated rings. The zero-order chi connectivity index (χ0) is 16.5. The highest BCUT2D eigenvalue weighted by molar-refractivity contribution is 6.30. The molecule has 0 aliphatic heterocycles. The molecule has 0 unspecified atom stereocenters. The zero-order valence-electron chi connectivity index (χ0n) is 13.1. The Morgan fingerprint density at radius 1 is 1.00 bits per heavy atom. The van der Waals surface area contributed by atoms with Gasteiger partial charge in [-0.15, -0.1) is 0 Å². The zero-order valence-corrected chi connectivity index (χ0v) is 13.8. The van der Waals surface area contributed by atoms with Crippen molar-refractivity contribution >= 4 is 34.3 Å². The molecular formula is C19H15ClN4. The first kappa shape index (κ1) is 14.7. The minimum Gasteiger partial charge on any atom is -0.326 e. The summed E-state index contributed by atoms with van der Waals surface area (Å²) in [7, 11) is 1.99. The molecule has 2 aromatic heterocycles. The largest absolute Gasteiger partial charge is 0.326 e. The van der Waals surface area contributed by atoms with Gasteiger partial charge in [0, 0.05) is 23.3 Å². The molecule has 118 valence electrons. The third-order valence-corrected chi connectivity index (χ3v) is 4.19. The van der Waals surface area contributed by atoms with Gasteiger partial charge in [0.2, 0.25) is 5.95 Å². The van der Waals surface area contributed by atoms with Crippen LogP contribution >= 0.6 is 11.6 Å². The molecule has 1 N–H and O–H groups in total. The first-order chi connectivity index (χ1) is 11.7. The number of pyridine rings is 1. The number of aryl methyl sites for hydroxylation is 1. The summed E-state index contributed by atoms with van der Waals surface area (Å²) < 4.78 is 2.03. The van der Waals surface area contributed by atoms with E-state index in [1.54, 1.807) is 6.20 Å². The van der Waals surface area contributed by atoms with Crippen LogP contribution in [0.1, 0.15) is 0 Å². The fourth-order valence-corrected chi connectivity index (χ4v) is 2.76. The predicted molar refractivity (Wildman–Crippen MR) is 98.7 cm³/mol. The van der Waals surface area contributed by atoms with Crippen LogP contribution in [0.25, 0.3) is 22.3 Å². The van der Waals surface area contributed by atoms with Gasteiger partial charge in [0.25, 0.3) is 0 Å². The second kappa shape index (κ2) is 5.98. The Bertz CT molecular complexity index is 991. The molecule has 4 rings (SSSR count). The molecule has 0 amide bonds. The third kappa shape index (κ3) is 2.72. The number of hydrogen-bond donors (Lipinski definition) is 1. The fourth-order valence-electron chi connectivity index (χ4n) is 2.64. The lowest BCUT2D eigenvalue weighted by molar-refractivity contribution is 0.958. The summed E-state index contributed by atoms with van der Waals surface area (Å²) in [4.78, 5) is 9.15. The minimum absolute atomic E-state index is 0.717. The molecule has 4 nitrogen and oxygen atoms in total. The number of aromatic nitrogens is 3. The van der Waals surface area contributed by atoms with E-state index in [1.807, 2.05) is 72.3 Å². The molecular weight excluding hydrogens is 320 g/mol. The van der Waals surface area contributed by atoms with Crippen LogP contribution in [-0.4, -0.2) is 14.5 Å². The number of nitrogens with one attached hydrogen (secondary N) is 1. The molecule has 0 saturated carbocycles. The molecule has 5 heteroatoms. The van der Waals surface area contributed by atoms with Crippen LogP contribution in [-0.2, 0) is 7.05 Å². The van der Waals surface area contributed by atoms with E-state index >= 15 is 0 Å². The average Bonchev–Trinajstić information content (AvgIpc) is 2.92. The van der Waals surface area contributed by atoms with Crippen LogP contribution in [0, 0.1) is 0 Å². The maximum absolute atomic E-state index is 5.96. The van der Waals surface area contributed by atoms with E-state index in [4.69, 9.17) is 11.6 Å². The van der Waals surface area contributed by atoms with Crippen molar-refractivity contribution in [3.05, 3.63) is 71.9 Å². The maximum Gasteiger partial charge on any atom is 0.208 e. The van der Waals surface area contributed by atoms with E-state index in [1.165, 1.54) is 0 Å². The van der Waals surface area contributed by atoms with E-state index in [9.17, 15) is 0 Å². The maximum atomic E-state index is 5.96. The molecule has 0 aliphatic rings. The first-order valence-electron chi connectivity index (χ1n) is 7.61. The molecule has 0 spiro atoms. The first-order valence-corrected chi connectivity index (χ1v) is 7.99. The fraction of sp³-hybridized carbons (Fsp3) is 0.0526. The van der Waals surface area contributed by atoms with Crippen molar-refractivity contribution < 1.29 is 0 Å². The van der Waals surface area contributed by atoms with Gasteiger partial charge >= 0.3 is 0 Å². The molecule has 2 heterocycles. The minimum atomic E-state index is 0.717. The summed E-state index contributed by atoms with van der Waals surface area (Å²) in [5.41, 5.74) is 4.80. The van der Waals surface area contributed by atoms with Crippen molar-refractivity contribution in [1.82, 2.24) is 14.5 Å². The van der Waals surface area contributed by atoms with Crippen molar-refractivity contribution in [2.75, 3.05) is 5.32 Å². The van der Waals surface area contributed by atoms with Crippen LogP contribution in [0.2, 0.25) is 5.02 Å². The second-order valence-corrected chi connectivity index (χ2v) is 5.99. The molecule has 4 aromatic rings. The molecule has 0 bridgehead atoms. The summed E-state index contributed by atoms with van der Waals surface area (Å²) in [5, 5.41) is 4.05. The van der Waals surface area contributed by atoms with E-state index in [0.717, 1.165) is 38.9 Å². The van der Waals surface area contributed by atoms with Crippen LogP contribution in [0.5, 0.6) is 0 Å². The highest BCUT2D eigenvalue weighted by Crippen LogP contribution is 2.26. The van der Waals surface area contributed by atoms with Gasteiger partial charge in [0.1, 0.15) is 5.52 Å². The van der Waals surface area contributed by atoms with Gasteiger partial charge in [-0.3, -0.25) is 4.98 Å². The second-order valence-electron chi connectivity index (χ2n) is 5.55. The van der Waals surface area contributed by atoms with Crippen LogP contribution in [0.15, 0.2) is 66.9 Å². The molecule has 0 aliphatic carbocycles. The molecule has 0 saturated heterocycles. The summed E-state index contributed by atoms with van der Waals surface area (Å²) in [5.74, 6) is 0.784. The summed E-state index contributed by atoms with van der Waals surface area (Å²) in [6.07, 6.45) is 1.80. The number of hydrogen-bond acceptors (Lipinski definition) is 3. The number of benzene rings is 2. The smallest absolute Gasteiger partial charge is 0.208 e. The average molecular weight is 335 g/mol. The van der Waals surface area contributed by atoms with Crippen molar-refractivity contribution in [1.29, 1.82) is 0 Å². The lowest BCUT2D eigenvalue weighted by Gasteiger charge is -2.06. The van der Waals surface area contributed by atoms with Gasteiger partial charge < -0.3 is 9.88 Å². The number of nitrogens with zero attached hydrogens (tertiary/aromatic N) is 3. The van der Waals surface area contributed by atoms with Gasteiger partial charge in [-0.05, 0) is 30.3 Å². The van der Waals surface area contributed by atoms with Gasteiger partial charge in [-0.1, -0.05) is 41.9 Å². The lowest BCUT2D eigenvalue weighted by atomic mass is 10.1. The Hall–Kier alpha value is -2.85. The monoisotopic (exact) mass is 334 g/mol. The number of rotatable bonds is 3. The van der Waals surface area contributed by atoms with Gasteiger partial charge in [-0.2, -0.15) is 0 Å². The number of halogens is 1. The van der Waals surface area contributed by atoms with E-state index in [2.05, 4.69) is 15.3 Å². The Kier molecular flexibility index (Phi) is 3.67. The summed E-state index contributed by atoms with van der Waals surface area (Å²) in [6.45, 7) is 0. The van der Waals surface area contributed by atoms with E-state index < -0.39 is 0 Å². The highest BCUT2D eigenvalue weighted by Gasteiger charge is 2.10. The van der Waals surface area contributed by atoms with Crippen LogP contribution in [0.3, 0.4) is 0 Å². The topological polar surface area (TPSA) is 42.7 Å². The van der Waals surface area contributed by atoms with Crippen molar-refractivity contribution in [3.8, 4) is 11.3 Å². The molecule has 0 atom stereocenters. The normalized spacial score (nSPS) is 10.9. The van der Waals surface area contributed by atoms with Crippen molar-refractivity contribution in [2.24, 2.45) is 7.05 Å². The molecule has 0 radical (unpaired) electrons. The Balaban J connectivity index is 1.74. The number of anilines is 2. The quantitative estimate of drug-likeness (QED) is 0.571. The Labute approximate surface area is 144 Å². The van der Waals surface area contributed by atoms with E-state index in [0.29, 0.717) is 0 Å². The standard InChI is InChI=1S/C19H15ClN4/c1-24-18-11-16(13-7-9-14(20)10-8-13)21-12-17(18)23-19(24)22-15-5-3-2-4-6-15/h2-12H,1H3,(H,22,23). The van der Waals surface area contributed by atoms with Crippen molar-refractivity contribution in [3.63, 3.8) is 0 Å². The summed E-state index contributed by atoms with van der Waals surface area (Å²) in [6, 6.07) is 19.7. The summed E-state index contributed by atoms with van der Waals surface area (Å²) >= 11 is 5.96. The Morgan fingerprint density at radius 3 is 2.50 bits per heavy atom. The third-order valence-electron chi connectivity index (χ3n) is 3.94. The van der Waals surface area contributed by atoms with Gasteiger partial charge in [0.15, 0.2) is 0 Å². The predicted octanol–water partition coefficient (Wildman–Crippen LogP) is 5.03. The molecule has 24 heavy (non-hydrogen) atoms. The molecule has 2 aromatic carbocycles. The van der Waals surface area contributed by atoms with Gasteiger partial charge in [-0.25, -0.2) is 4.98 Å². The van der Waals surface area contributed by atoms with Gasteiger partial charge in [0.05, 0.1) is 17.4 Å². The SMILES string of the molecule is Cn1c(Nc2ccccc2)nc2cnc(-c3ccc(Cl)cc3)cc21. The Morgan fingerprint density at radius 2 is 1.75 bits per heavy atom. The lowest BCUT2D eigenvalue weighted by Crippen LogP contribution is -1.98. The van der Waals surface area contributed by atoms with Crippen LogP contribution < -0.4 is 5.32 Å². The van der Waals surface area contributed by atoms with Crippen LogP contribution in [0.4, 0.5) is 11.6 Å². The number of para-hydroxylation sites is 1.